The van der Waals surface area contributed by atoms with E-state index in [1.165, 1.54) is 42.2 Å². The van der Waals surface area contributed by atoms with Crippen molar-refractivity contribution in [1.82, 2.24) is 14.3 Å². The van der Waals surface area contributed by atoms with Crippen molar-refractivity contribution in [3.05, 3.63) is 87.0 Å². The predicted molar refractivity (Wildman–Crippen MR) is 122 cm³/mol. The van der Waals surface area contributed by atoms with Gasteiger partial charge in [0.05, 0.1) is 29.9 Å². The van der Waals surface area contributed by atoms with E-state index >= 15 is 0 Å². The van der Waals surface area contributed by atoms with Crippen molar-refractivity contribution in [2.45, 2.75) is 25.7 Å². The average molecular weight is 513 g/mol. The van der Waals surface area contributed by atoms with Gasteiger partial charge in [0.15, 0.2) is 0 Å². The third kappa shape index (κ3) is 4.44. The third-order valence-electron chi connectivity index (χ3n) is 5.79. The Hall–Kier alpha value is -4.86. The van der Waals surface area contributed by atoms with Crippen LogP contribution < -0.4 is 10.6 Å². The summed E-state index contributed by atoms with van der Waals surface area (Å²) in [6.45, 7) is 0.620. The SMILES string of the molecule is COC(=O)C1=C(C)N(c2cccc(C(F)(F)F)c2)c2nn(CC(=O)O)c(=O)n2[C@@H]1c1ccc(C#N)cc1. The molecule has 4 rings (SSSR count). The number of carboxylic acid groups (broad SMARTS) is 1. The number of carbonyl (C=O) groups excluding carboxylic acids is 1. The normalized spacial score (nSPS) is 15.2. The van der Waals surface area contributed by atoms with Crippen LogP contribution in [-0.2, 0) is 27.0 Å². The van der Waals surface area contributed by atoms with Crippen LogP contribution in [0.1, 0.15) is 29.7 Å². The summed E-state index contributed by atoms with van der Waals surface area (Å²) in [7, 11) is 1.11. The van der Waals surface area contributed by atoms with E-state index in [9.17, 15) is 32.7 Å². The van der Waals surface area contributed by atoms with Gasteiger partial charge in [-0.15, -0.1) is 5.10 Å². The first-order valence-electron chi connectivity index (χ1n) is 10.7. The fourth-order valence-corrected chi connectivity index (χ4v) is 4.17. The van der Waals surface area contributed by atoms with Crippen LogP contribution >= 0.6 is 0 Å². The molecule has 1 atom stereocenters. The number of carbonyl (C=O) groups is 2. The summed E-state index contributed by atoms with van der Waals surface area (Å²) in [6, 6.07) is 10.9. The van der Waals surface area contributed by atoms with Gasteiger partial charge < -0.3 is 9.84 Å². The summed E-state index contributed by atoms with van der Waals surface area (Å²) < 4.78 is 47.0. The number of alkyl halides is 3. The van der Waals surface area contributed by atoms with Crippen molar-refractivity contribution in [3.8, 4) is 6.07 Å². The third-order valence-corrected chi connectivity index (χ3v) is 5.79. The molecule has 2 heterocycles. The largest absolute Gasteiger partial charge is 0.480 e. The molecular weight excluding hydrogens is 495 g/mol. The van der Waals surface area contributed by atoms with Gasteiger partial charge in [0.25, 0.3) is 0 Å². The first kappa shape index (κ1) is 25.2. The number of rotatable bonds is 5. The fraction of sp³-hybridized carbons (Fsp3) is 0.208. The molecule has 0 radical (unpaired) electrons. The quantitative estimate of drug-likeness (QED) is 0.515. The molecule has 10 nitrogen and oxygen atoms in total. The number of hydrogen-bond acceptors (Lipinski definition) is 7. The fourth-order valence-electron chi connectivity index (χ4n) is 4.17. The lowest BCUT2D eigenvalue weighted by Gasteiger charge is -2.35. The standard InChI is InChI=1S/C24H18F3N5O5/c1-13-19(21(35)37-2)20(15-8-6-14(11-28)7-9-15)32-22(29-30(23(32)36)12-18(33)34)31(13)17-5-3-4-16(10-17)24(25,26)27/h3-10,20H,12H2,1-2H3,(H,33,34)/t20-/m1/s1. The molecule has 0 amide bonds. The molecule has 0 saturated heterocycles. The van der Waals surface area contributed by atoms with Gasteiger partial charge in [-0.1, -0.05) is 18.2 Å². The monoisotopic (exact) mass is 513 g/mol. The number of carboxylic acids is 1. The maximum absolute atomic E-state index is 13.5. The van der Waals surface area contributed by atoms with Crippen LogP contribution in [0.15, 0.2) is 64.6 Å². The highest BCUT2D eigenvalue weighted by Crippen LogP contribution is 2.43. The highest BCUT2D eigenvalue weighted by molar-refractivity contribution is 5.93. The Morgan fingerprint density at radius 3 is 2.43 bits per heavy atom. The smallest absolute Gasteiger partial charge is 0.416 e. The van der Waals surface area contributed by atoms with E-state index in [0.29, 0.717) is 15.8 Å². The van der Waals surface area contributed by atoms with Crippen LogP contribution in [0.2, 0.25) is 0 Å². The molecule has 1 N–H and O–H groups in total. The van der Waals surface area contributed by atoms with Crippen molar-refractivity contribution in [2.24, 2.45) is 0 Å². The van der Waals surface area contributed by atoms with Crippen LogP contribution in [0.4, 0.5) is 24.8 Å². The number of nitriles is 1. The van der Waals surface area contributed by atoms with Crippen LogP contribution in [0.5, 0.6) is 0 Å². The van der Waals surface area contributed by atoms with Gasteiger partial charge in [-0.2, -0.15) is 23.1 Å². The summed E-state index contributed by atoms with van der Waals surface area (Å²) >= 11 is 0. The number of benzene rings is 2. The van der Waals surface area contributed by atoms with Gasteiger partial charge in [0, 0.05) is 11.4 Å². The molecule has 13 heteroatoms. The molecule has 1 aromatic heterocycles. The highest BCUT2D eigenvalue weighted by Gasteiger charge is 2.41. The molecule has 0 aliphatic carbocycles. The minimum absolute atomic E-state index is 0.0688. The van der Waals surface area contributed by atoms with Crippen molar-refractivity contribution < 1.29 is 32.6 Å². The van der Waals surface area contributed by atoms with Crippen LogP contribution in [0, 0.1) is 11.3 Å². The number of nitrogens with zero attached hydrogens (tertiary/aromatic N) is 5. The molecule has 1 aliphatic rings. The Balaban J connectivity index is 2.06. The van der Waals surface area contributed by atoms with Gasteiger partial charge in [0.2, 0.25) is 5.95 Å². The van der Waals surface area contributed by atoms with E-state index < -0.39 is 42.0 Å². The summed E-state index contributed by atoms with van der Waals surface area (Å²) in [5, 5.41) is 22.5. The van der Waals surface area contributed by atoms with E-state index in [1.54, 1.807) is 0 Å². The molecule has 3 aromatic rings. The van der Waals surface area contributed by atoms with Crippen LogP contribution in [0.25, 0.3) is 0 Å². The number of allylic oxidation sites excluding steroid dienone is 1. The first-order chi connectivity index (χ1) is 17.5. The zero-order chi connectivity index (χ0) is 27.1. The maximum atomic E-state index is 13.5. The van der Waals surface area contributed by atoms with E-state index in [-0.39, 0.29) is 22.9 Å². The number of ether oxygens (including phenoxy) is 1. The van der Waals surface area contributed by atoms with Crippen LogP contribution in [0.3, 0.4) is 0 Å². The Morgan fingerprint density at radius 1 is 1.19 bits per heavy atom. The minimum atomic E-state index is -4.68. The predicted octanol–water partition coefficient (Wildman–Crippen LogP) is 3.21. The van der Waals surface area contributed by atoms with E-state index in [1.807, 2.05) is 6.07 Å². The van der Waals surface area contributed by atoms with E-state index in [0.717, 1.165) is 29.9 Å². The van der Waals surface area contributed by atoms with Crippen molar-refractivity contribution in [2.75, 3.05) is 12.0 Å². The lowest BCUT2D eigenvalue weighted by atomic mass is 9.93. The number of esters is 1. The number of hydrogen-bond donors (Lipinski definition) is 1. The lowest BCUT2D eigenvalue weighted by molar-refractivity contribution is -0.138. The molecule has 0 unspecified atom stereocenters. The zero-order valence-corrected chi connectivity index (χ0v) is 19.4. The number of anilines is 2. The Labute approximate surface area is 207 Å². The number of halogens is 3. The number of aliphatic carboxylic acids is 1. The molecule has 37 heavy (non-hydrogen) atoms. The van der Waals surface area contributed by atoms with Crippen molar-refractivity contribution in [3.63, 3.8) is 0 Å². The lowest BCUT2D eigenvalue weighted by Crippen LogP contribution is -2.38. The first-order valence-corrected chi connectivity index (χ1v) is 10.7. The maximum Gasteiger partial charge on any atom is 0.416 e. The Bertz CT molecular complexity index is 1530. The molecule has 1 aliphatic heterocycles. The van der Waals surface area contributed by atoms with Gasteiger partial charge >= 0.3 is 23.8 Å². The second-order valence-corrected chi connectivity index (χ2v) is 8.01. The van der Waals surface area contributed by atoms with Gasteiger partial charge in [-0.05, 0) is 42.8 Å². The molecule has 190 valence electrons. The summed E-state index contributed by atoms with van der Waals surface area (Å²) in [6.07, 6.45) is -4.68. The summed E-state index contributed by atoms with van der Waals surface area (Å²) in [4.78, 5) is 39.0. The molecule has 0 fully saturated rings. The second kappa shape index (κ2) is 9.30. The molecule has 0 saturated carbocycles. The molecule has 0 spiro atoms. The summed E-state index contributed by atoms with van der Waals surface area (Å²) in [5.41, 5.74) is -1.28. The van der Waals surface area contributed by atoms with Gasteiger partial charge in [-0.3, -0.25) is 9.69 Å². The average Bonchev–Trinajstić information content (AvgIpc) is 3.17. The Kier molecular flexibility index (Phi) is 6.35. The number of fused-ring (bicyclic) bond motifs is 1. The minimum Gasteiger partial charge on any atom is -0.480 e. The number of methoxy groups -OCH3 is 1. The highest BCUT2D eigenvalue weighted by atomic mass is 19.4. The number of aromatic nitrogens is 3. The molecular formula is C24H18F3N5O5. The van der Waals surface area contributed by atoms with Gasteiger partial charge in [0.1, 0.15) is 12.6 Å². The van der Waals surface area contributed by atoms with E-state index in [4.69, 9.17) is 10.00 Å². The van der Waals surface area contributed by atoms with Gasteiger partial charge in [-0.25, -0.2) is 14.2 Å². The molecule has 0 bridgehead atoms. The Morgan fingerprint density at radius 2 is 1.86 bits per heavy atom. The topological polar surface area (TPSA) is 130 Å². The zero-order valence-electron chi connectivity index (χ0n) is 19.4. The van der Waals surface area contributed by atoms with Crippen LogP contribution in [-0.4, -0.2) is 38.5 Å². The molecule has 2 aromatic carbocycles. The second-order valence-electron chi connectivity index (χ2n) is 8.01. The van der Waals surface area contributed by atoms with E-state index in [2.05, 4.69) is 5.10 Å². The van der Waals surface area contributed by atoms with Crippen molar-refractivity contribution in [1.29, 1.82) is 5.26 Å². The van der Waals surface area contributed by atoms with Crippen molar-refractivity contribution >= 4 is 23.6 Å². The summed E-state index contributed by atoms with van der Waals surface area (Å²) in [5.74, 6) is -2.45.